The van der Waals surface area contributed by atoms with Crippen molar-refractivity contribution in [3.8, 4) is 0 Å². The van der Waals surface area contributed by atoms with E-state index >= 15 is 0 Å². The third-order valence-corrected chi connectivity index (χ3v) is 5.61. The van der Waals surface area contributed by atoms with Crippen LogP contribution in [0.2, 0.25) is 0 Å². The van der Waals surface area contributed by atoms with Crippen LogP contribution in [-0.2, 0) is 14.8 Å². The van der Waals surface area contributed by atoms with Gasteiger partial charge in [-0.25, -0.2) is 13.1 Å². The molecule has 6 heteroatoms. The first-order chi connectivity index (χ1) is 9.90. The van der Waals surface area contributed by atoms with E-state index in [1.54, 1.807) is 0 Å². The number of hydrogen-bond donors (Lipinski definition) is 2. The zero-order valence-corrected chi connectivity index (χ0v) is 13.8. The molecule has 1 aromatic rings. The molecule has 0 atom stereocenters. The lowest BCUT2D eigenvalue weighted by Gasteiger charge is -2.23. The number of aryl methyl sites for hydroxylation is 3. The van der Waals surface area contributed by atoms with Crippen LogP contribution in [0.1, 0.15) is 16.7 Å². The molecule has 1 saturated heterocycles. The van der Waals surface area contributed by atoms with Gasteiger partial charge in [0.2, 0.25) is 10.0 Å². The molecule has 1 aliphatic rings. The fourth-order valence-corrected chi connectivity index (χ4v) is 4.42. The molecule has 5 nitrogen and oxygen atoms in total. The van der Waals surface area contributed by atoms with Crippen LogP contribution in [0.15, 0.2) is 17.0 Å². The maximum absolute atomic E-state index is 12.5. The van der Waals surface area contributed by atoms with Gasteiger partial charge in [-0.05, 0) is 31.9 Å². The molecule has 0 unspecified atom stereocenters. The third-order valence-electron chi connectivity index (χ3n) is 3.84. The lowest BCUT2D eigenvalue weighted by atomic mass is 10.1. The van der Waals surface area contributed by atoms with Crippen molar-refractivity contribution < 1.29 is 18.1 Å². The van der Waals surface area contributed by atoms with Gasteiger partial charge >= 0.3 is 0 Å². The smallest absolute Gasteiger partial charge is 0.241 e. The molecule has 0 bridgehead atoms. The van der Waals surface area contributed by atoms with E-state index in [2.05, 4.69) is 4.72 Å². The van der Waals surface area contributed by atoms with Crippen molar-refractivity contribution in [3.63, 3.8) is 0 Å². The van der Waals surface area contributed by atoms with Crippen molar-refractivity contribution in [2.75, 3.05) is 39.4 Å². The zero-order chi connectivity index (χ0) is 15.5. The molecular weight excluding hydrogens is 288 g/mol. The van der Waals surface area contributed by atoms with Crippen LogP contribution >= 0.6 is 0 Å². The summed E-state index contributed by atoms with van der Waals surface area (Å²) in [5, 5.41) is 0. The van der Waals surface area contributed by atoms with Crippen molar-refractivity contribution in [1.82, 2.24) is 4.72 Å². The van der Waals surface area contributed by atoms with E-state index in [0.717, 1.165) is 49.5 Å². The normalized spacial score (nSPS) is 17.1. The molecule has 1 heterocycles. The number of morpholine rings is 1. The monoisotopic (exact) mass is 313 g/mol. The van der Waals surface area contributed by atoms with Gasteiger partial charge in [0.1, 0.15) is 13.1 Å². The van der Waals surface area contributed by atoms with Crippen LogP contribution in [-0.4, -0.2) is 47.8 Å². The Bertz CT molecular complexity index is 570. The number of ether oxygens (including phenoxy) is 1. The maximum atomic E-state index is 12.5. The second kappa shape index (κ2) is 6.87. The average Bonchev–Trinajstić information content (AvgIpc) is 2.38. The van der Waals surface area contributed by atoms with E-state index in [-0.39, 0.29) is 0 Å². The minimum Gasteiger partial charge on any atom is -0.370 e. The zero-order valence-electron chi connectivity index (χ0n) is 13.0. The summed E-state index contributed by atoms with van der Waals surface area (Å²) in [5.74, 6) is 0. The predicted octanol–water partition coefficient (Wildman–Crippen LogP) is -0.195. The van der Waals surface area contributed by atoms with E-state index < -0.39 is 10.0 Å². The Hall–Kier alpha value is -0.950. The summed E-state index contributed by atoms with van der Waals surface area (Å²) in [7, 11) is -3.43. The van der Waals surface area contributed by atoms with Gasteiger partial charge in [-0.1, -0.05) is 17.7 Å². The average molecular weight is 313 g/mol. The van der Waals surface area contributed by atoms with Gasteiger partial charge in [-0.15, -0.1) is 0 Å². The summed E-state index contributed by atoms with van der Waals surface area (Å²) in [6.45, 7) is 10.4. The van der Waals surface area contributed by atoms with Gasteiger partial charge in [0.25, 0.3) is 0 Å². The molecule has 1 aromatic carbocycles. The summed E-state index contributed by atoms with van der Waals surface area (Å²) >= 11 is 0. The van der Waals surface area contributed by atoms with Crippen LogP contribution in [0.25, 0.3) is 0 Å². The number of nitrogens with one attached hydrogen (secondary N) is 2. The number of sulfonamides is 1. The summed E-state index contributed by atoms with van der Waals surface area (Å²) in [5.41, 5.74) is 2.69. The van der Waals surface area contributed by atoms with Gasteiger partial charge < -0.3 is 9.64 Å². The minimum absolute atomic E-state index is 0.421. The highest BCUT2D eigenvalue weighted by Gasteiger charge is 2.21. The Labute approximate surface area is 127 Å². The fourth-order valence-electron chi connectivity index (χ4n) is 2.94. The second-order valence-corrected chi connectivity index (χ2v) is 7.44. The standard InChI is InChI=1S/C15H24N2O3S/c1-12-10-13(2)15(14(3)11-12)21(18,19)16-4-5-17-6-8-20-9-7-17/h10-11,16H,4-9H2,1-3H3/p+1. The molecule has 1 aliphatic heterocycles. The Morgan fingerprint density at radius 1 is 1.14 bits per heavy atom. The SMILES string of the molecule is Cc1cc(C)c(S(=O)(=O)NCC[NH+]2CCOCC2)c(C)c1. The predicted molar refractivity (Wildman–Crippen MR) is 82.2 cm³/mol. The Balaban J connectivity index is 2.01. The van der Waals surface area contributed by atoms with E-state index in [0.29, 0.717) is 11.4 Å². The first-order valence-electron chi connectivity index (χ1n) is 7.39. The summed E-state index contributed by atoms with van der Waals surface area (Å²) in [6, 6.07) is 3.82. The van der Waals surface area contributed by atoms with Crippen molar-refractivity contribution in [2.45, 2.75) is 25.7 Å². The summed E-state index contributed by atoms with van der Waals surface area (Å²) in [4.78, 5) is 1.81. The molecule has 0 spiro atoms. The molecule has 1 fully saturated rings. The number of benzene rings is 1. The van der Waals surface area contributed by atoms with E-state index in [1.807, 2.05) is 32.9 Å². The number of hydrogen-bond acceptors (Lipinski definition) is 3. The van der Waals surface area contributed by atoms with Gasteiger partial charge in [-0.2, -0.15) is 0 Å². The highest BCUT2D eigenvalue weighted by atomic mass is 32.2. The summed E-state index contributed by atoms with van der Waals surface area (Å²) in [6.07, 6.45) is 0. The molecule has 2 N–H and O–H groups in total. The first-order valence-corrected chi connectivity index (χ1v) is 8.87. The van der Waals surface area contributed by atoms with Crippen LogP contribution in [0.5, 0.6) is 0 Å². The van der Waals surface area contributed by atoms with Gasteiger partial charge in [0.15, 0.2) is 0 Å². The lowest BCUT2D eigenvalue weighted by molar-refractivity contribution is -0.906. The van der Waals surface area contributed by atoms with Gasteiger partial charge in [-0.3, -0.25) is 0 Å². The fraction of sp³-hybridized carbons (Fsp3) is 0.600. The quantitative estimate of drug-likeness (QED) is 0.792. The highest BCUT2D eigenvalue weighted by Crippen LogP contribution is 2.21. The third kappa shape index (κ3) is 4.26. The highest BCUT2D eigenvalue weighted by molar-refractivity contribution is 7.89. The first kappa shape index (κ1) is 16.4. The number of quaternary nitrogens is 1. The molecule has 2 rings (SSSR count). The van der Waals surface area contributed by atoms with Crippen molar-refractivity contribution in [3.05, 3.63) is 28.8 Å². The molecule has 21 heavy (non-hydrogen) atoms. The van der Waals surface area contributed by atoms with Crippen molar-refractivity contribution >= 4 is 10.0 Å². The van der Waals surface area contributed by atoms with Crippen LogP contribution in [0.3, 0.4) is 0 Å². The topological polar surface area (TPSA) is 59.8 Å². The molecule has 0 radical (unpaired) electrons. The Kier molecular flexibility index (Phi) is 5.37. The Morgan fingerprint density at radius 3 is 2.29 bits per heavy atom. The van der Waals surface area contributed by atoms with Gasteiger partial charge in [0, 0.05) is 0 Å². The Morgan fingerprint density at radius 2 is 1.71 bits per heavy atom. The molecule has 118 valence electrons. The van der Waals surface area contributed by atoms with Crippen LogP contribution in [0, 0.1) is 20.8 Å². The molecule has 0 saturated carbocycles. The lowest BCUT2D eigenvalue weighted by Crippen LogP contribution is -3.14. The molecular formula is C15H25N2O3S+. The maximum Gasteiger partial charge on any atom is 0.241 e. The van der Waals surface area contributed by atoms with E-state index in [1.165, 1.54) is 4.90 Å². The molecule has 0 amide bonds. The molecule has 0 aliphatic carbocycles. The molecule has 0 aromatic heterocycles. The van der Waals surface area contributed by atoms with Crippen LogP contribution in [0.4, 0.5) is 0 Å². The van der Waals surface area contributed by atoms with E-state index in [4.69, 9.17) is 4.74 Å². The van der Waals surface area contributed by atoms with Crippen molar-refractivity contribution in [1.29, 1.82) is 0 Å². The van der Waals surface area contributed by atoms with E-state index in [9.17, 15) is 8.42 Å². The number of rotatable bonds is 5. The summed E-state index contributed by atoms with van der Waals surface area (Å²) < 4.78 is 33.0. The van der Waals surface area contributed by atoms with Crippen LogP contribution < -0.4 is 9.62 Å². The van der Waals surface area contributed by atoms with Crippen molar-refractivity contribution in [2.24, 2.45) is 0 Å². The van der Waals surface area contributed by atoms with Gasteiger partial charge in [0.05, 0.1) is 31.2 Å². The second-order valence-electron chi connectivity index (χ2n) is 5.74. The largest absolute Gasteiger partial charge is 0.370 e. The minimum atomic E-state index is -3.43.